The number of nitrogens with one attached hydrogen (secondary N) is 1. The van der Waals surface area contributed by atoms with Crippen molar-refractivity contribution >= 4 is 49.8 Å². The second-order valence-electron chi connectivity index (χ2n) is 5.37. The van der Waals surface area contributed by atoms with E-state index in [0.717, 1.165) is 5.56 Å². The number of rotatable bonds is 6. The number of hydrogen-bond acceptors (Lipinski definition) is 8. The molecule has 0 aliphatic rings. The molecular formula is C16H15N5O3S3. The Bertz CT molecular complexity index is 1040. The summed E-state index contributed by atoms with van der Waals surface area (Å²) in [5.74, 6) is -0.289. The summed E-state index contributed by atoms with van der Waals surface area (Å²) in [5.41, 5.74) is 6.85. The van der Waals surface area contributed by atoms with Gasteiger partial charge in [0, 0.05) is 5.69 Å². The van der Waals surface area contributed by atoms with E-state index in [2.05, 4.69) is 15.5 Å². The number of amides is 1. The summed E-state index contributed by atoms with van der Waals surface area (Å²) in [6.45, 7) is 0. The summed E-state index contributed by atoms with van der Waals surface area (Å²) >= 11 is 2.43. The molecule has 0 unspecified atom stereocenters. The van der Waals surface area contributed by atoms with Gasteiger partial charge in [-0.3, -0.25) is 4.79 Å². The third-order valence-electron chi connectivity index (χ3n) is 3.43. The average molecular weight is 422 g/mol. The van der Waals surface area contributed by atoms with E-state index < -0.39 is 15.3 Å². The smallest absolute Gasteiger partial charge is 0.242 e. The predicted molar refractivity (Wildman–Crippen MR) is 106 cm³/mol. The highest BCUT2D eigenvalue weighted by Gasteiger charge is 2.24. The molecule has 0 saturated heterocycles. The number of nitrogens with zero attached hydrogens (tertiary/aromatic N) is 2. The van der Waals surface area contributed by atoms with Crippen molar-refractivity contribution in [3.8, 4) is 0 Å². The lowest BCUT2D eigenvalue weighted by Gasteiger charge is -2.15. The number of primary sulfonamides is 1. The van der Waals surface area contributed by atoms with E-state index in [9.17, 15) is 13.2 Å². The number of carbonyl (C=O) groups is 1. The van der Waals surface area contributed by atoms with Gasteiger partial charge < -0.3 is 11.1 Å². The summed E-state index contributed by atoms with van der Waals surface area (Å²) in [4.78, 5) is 12.8. The first-order valence-electron chi connectivity index (χ1n) is 7.57. The van der Waals surface area contributed by atoms with Gasteiger partial charge in [0.1, 0.15) is 5.25 Å². The van der Waals surface area contributed by atoms with E-state index in [1.807, 2.05) is 30.3 Å². The number of nitrogen functional groups attached to an aromatic ring is 1. The molecular weight excluding hydrogens is 406 g/mol. The van der Waals surface area contributed by atoms with E-state index in [-0.39, 0.29) is 10.8 Å². The van der Waals surface area contributed by atoms with Crippen molar-refractivity contribution in [2.75, 3.05) is 11.1 Å². The van der Waals surface area contributed by atoms with Gasteiger partial charge in [-0.1, -0.05) is 53.4 Å². The zero-order chi connectivity index (χ0) is 19.4. The number of hydrogen-bond donors (Lipinski definition) is 3. The minimum atomic E-state index is -3.79. The topological polar surface area (TPSA) is 141 Å². The Morgan fingerprint density at radius 2 is 1.74 bits per heavy atom. The first kappa shape index (κ1) is 19.3. The second kappa shape index (κ2) is 8.05. The van der Waals surface area contributed by atoms with Crippen LogP contribution in [0.1, 0.15) is 10.8 Å². The molecule has 5 N–H and O–H groups in total. The molecule has 3 rings (SSSR count). The maximum Gasteiger partial charge on any atom is 0.242 e. The van der Waals surface area contributed by atoms with Crippen molar-refractivity contribution in [1.82, 2.24) is 10.2 Å². The van der Waals surface area contributed by atoms with Crippen molar-refractivity contribution < 1.29 is 13.2 Å². The van der Waals surface area contributed by atoms with Crippen LogP contribution in [0.25, 0.3) is 0 Å². The molecule has 1 amide bonds. The third kappa shape index (κ3) is 5.04. The highest BCUT2D eigenvalue weighted by atomic mass is 32.2. The van der Waals surface area contributed by atoms with Crippen molar-refractivity contribution in [1.29, 1.82) is 0 Å². The van der Waals surface area contributed by atoms with Crippen LogP contribution >= 0.6 is 23.1 Å². The standard InChI is InChI=1S/C16H15N5O3S3/c17-15-20-21-16(26-15)25-13(10-4-2-1-3-5-10)14(22)19-11-6-8-12(9-7-11)27(18,23)24/h1-9,13H,(H2,17,20)(H,19,22)(H2,18,23,24)/t13-/m1/s1. The lowest BCUT2D eigenvalue weighted by Crippen LogP contribution is -2.19. The van der Waals surface area contributed by atoms with Crippen LogP contribution < -0.4 is 16.2 Å². The predicted octanol–water partition coefficient (Wildman–Crippen LogP) is 2.24. The number of thioether (sulfide) groups is 1. The molecule has 0 fully saturated rings. The number of carbonyl (C=O) groups excluding carboxylic acids is 1. The molecule has 0 saturated carbocycles. The van der Waals surface area contributed by atoms with Crippen LogP contribution in [0, 0.1) is 0 Å². The largest absolute Gasteiger partial charge is 0.374 e. The molecule has 0 radical (unpaired) electrons. The molecule has 2 aromatic carbocycles. The first-order chi connectivity index (χ1) is 12.8. The number of sulfonamides is 1. The Balaban J connectivity index is 1.82. The van der Waals surface area contributed by atoms with Gasteiger partial charge in [-0.25, -0.2) is 13.6 Å². The van der Waals surface area contributed by atoms with Crippen LogP contribution in [0.15, 0.2) is 63.8 Å². The summed E-state index contributed by atoms with van der Waals surface area (Å²) in [6.07, 6.45) is 0. The highest BCUT2D eigenvalue weighted by Crippen LogP contribution is 2.38. The van der Waals surface area contributed by atoms with Gasteiger partial charge in [-0.2, -0.15) is 0 Å². The van der Waals surface area contributed by atoms with E-state index in [0.29, 0.717) is 15.2 Å². The minimum absolute atomic E-state index is 0.0289. The van der Waals surface area contributed by atoms with Crippen LogP contribution in [0.4, 0.5) is 10.8 Å². The summed E-state index contributed by atoms with van der Waals surface area (Å²) in [6, 6.07) is 14.8. The Labute approximate surface area is 164 Å². The van der Waals surface area contributed by atoms with Crippen molar-refractivity contribution in [3.05, 3.63) is 60.2 Å². The van der Waals surface area contributed by atoms with Gasteiger partial charge in [0.15, 0.2) is 4.34 Å². The fourth-order valence-corrected chi connectivity index (χ4v) is 4.55. The van der Waals surface area contributed by atoms with Gasteiger partial charge in [0.2, 0.25) is 21.1 Å². The molecule has 27 heavy (non-hydrogen) atoms. The molecule has 11 heteroatoms. The Morgan fingerprint density at radius 1 is 1.07 bits per heavy atom. The molecule has 0 bridgehead atoms. The van der Waals surface area contributed by atoms with Crippen molar-refractivity contribution in [2.45, 2.75) is 14.5 Å². The lowest BCUT2D eigenvalue weighted by molar-refractivity contribution is -0.115. The lowest BCUT2D eigenvalue weighted by atomic mass is 10.1. The summed E-state index contributed by atoms with van der Waals surface area (Å²) in [5, 5.41) is 15.3. The van der Waals surface area contributed by atoms with E-state index in [1.54, 1.807) is 0 Å². The van der Waals surface area contributed by atoms with Gasteiger partial charge in [-0.15, -0.1) is 10.2 Å². The van der Waals surface area contributed by atoms with Gasteiger partial charge in [-0.05, 0) is 29.8 Å². The third-order valence-corrected chi connectivity index (χ3v) is 6.45. The van der Waals surface area contributed by atoms with Crippen LogP contribution in [0.5, 0.6) is 0 Å². The van der Waals surface area contributed by atoms with Crippen LogP contribution in [0.3, 0.4) is 0 Å². The SMILES string of the molecule is Nc1nnc(S[C@@H](C(=O)Nc2ccc(S(N)(=O)=O)cc2)c2ccccc2)s1. The van der Waals surface area contributed by atoms with Crippen molar-refractivity contribution in [2.24, 2.45) is 5.14 Å². The zero-order valence-corrected chi connectivity index (χ0v) is 16.2. The molecule has 1 heterocycles. The van der Waals surface area contributed by atoms with Gasteiger partial charge in [0.05, 0.1) is 4.90 Å². The molecule has 0 aliphatic carbocycles. The Morgan fingerprint density at radius 3 is 2.30 bits per heavy atom. The quantitative estimate of drug-likeness (QED) is 0.518. The number of anilines is 2. The fraction of sp³-hybridized carbons (Fsp3) is 0.0625. The first-order valence-corrected chi connectivity index (χ1v) is 10.8. The van der Waals surface area contributed by atoms with E-state index in [4.69, 9.17) is 10.9 Å². The van der Waals surface area contributed by atoms with E-state index >= 15 is 0 Å². The average Bonchev–Trinajstić information content (AvgIpc) is 3.05. The maximum absolute atomic E-state index is 12.9. The number of nitrogens with two attached hydrogens (primary N) is 2. The Kier molecular flexibility index (Phi) is 5.75. The maximum atomic E-state index is 12.9. The molecule has 3 aromatic rings. The number of benzene rings is 2. The second-order valence-corrected chi connectivity index (χ2v) is 9.30. The van der Waals surface area contributed by atoms with Crippen LogP contribution in [-0.4, -0.2) is 24.5 Å². The molecule has 0 spiro atoms. The number of aromatic nitrogens is 2. The van der Waals surface area contributed by atoms with Crippen molar-refractivity contribution in [3.63, 3.8) is 0 Å². The van der Waals surface area contributed by atoms with Crippen LogP contribution in [-0.2, 0) is 14.8 Å². The molecule has 0 aliphatic heterocycles. The Hall–Kier alpha value is -2.47. The molecule has 1 atom stereocenters. The normalized spacial score (nSPS) is 12.5. The monoisotopic (exact) mass is 421 g/mol. The van der Waals surface area contributed by atoms with Crippen LogP contribution in [0.2, 0.25) is 0 Å². The van der Waals surface area contributed by atoms with Gasteiger partial charge >= 0.3 is 0 Å². The molecule has 1 aromatic heterocycles. The summed E-state index contributed by atoms with van der Waals surface area (Å²) < 4.78 is 23.2. The van der Waals surface area contributed by atoms with Gasteiger partial charge in [0.25, 0.3) is 0 Å². The summed E-state index contributed by atoms with van der Waals surface area (Å²) in [7, 11) is -3.79. The fourth-order valence-electron chi connectivity index (χ4n) is 2.21. The molecule has 8 nitrogen and oxygen atoms in total. The minimum Gasteiger partial charge on any atom is -0.374 e. The van der Waals surface area contributed by atoms with E-state index in [1.165, 1.54) is 47.4 Å². The molecule has 140 valence electrons. The highest BCUT2D eigenvalue weighted by molar-refractivity contribution is 8.02. The zero-order valence-electron chi connectivity index (χ0n) is 13.8.